The van der Waals surface area contributed by atoms with E-state index in [2.05, 4.69) is 18.9 Å². The Kier molecular flexibility index (Phi) is 11.2. The Morgan fingerprint density at radius 2 is 2.00 bits per heavy atom. The maximum atomic E-state index is 5.15. The molecule has 0 N–H and O–H groups in total. The molecule has 0 aromatic heterocycles. The molecule has 68 valence electrons. The van der Waals surface area contributed by atoms with Crippen molar-refractivity contribution in [1.82, 2.24) is 0 Å². The minimum atomic E-state index is 0.425. The van der Waals surface area contributed by atoms with E-state index in [1.54, 1.807) is 11.8 Å². The molecule has 0 saturated heterocycles. The summed E-state index contributed by atoms with van der Waals surface area (Å²) in [6, 6.07) is 0. The van der Waals surface area contributed by atoms with Gasteiger partial charge in [0.25, 0.3) is 0 Å². The molecule has 0 heterocycles. The lowest BCUT2D eigenvalue weighted by Gasteiger charge is -2.03. The minimum absolute atomic E-state index is 0.425. The summed E-state index contributed by atoms with van der Waals surface area (Å²) in [5, 5.41) is 0. The van der Waals surface area contributed by atoms with Crippen molar-refractivity contribution in [3.63, 3.8) is 0 Å². The Hall–Kier alpha value is 0.620. The summed E-state index contributed by atoms with van der Waals surface area (Å²) in [4.78, 5) is 0. The van der Waals surface area contributed by atoms with Gasteiger partial charge in [0.15, 0.2) is 0 Å². The molecule has 0 aliphatic heterocycles. The van der Waals surface area contributed by atoms with Crippen molar-refractivity contribution in [3.05, 3.63) is 0 Å². The standard InChI is InChI=1S/C7H16O2S2/c1-11-6-4-9-7-8-3-2-5-10/h10H,2-7H2,1H3. The van der Waals surface area contributed by atoms with E-state index < -0.39 is 0 Å². The SMILES string of the molecule is CSCCOCOCCCS. The van der Waals surface area contributed by atoms with Crippen LogP contribution in [0.4, 0.5) is 0 Å². The van der Waals surface area contributed by atoms with Crippen LogP contribution in [0.5, 0.6) is 0 Å². The summed E-state index contributed by atoms with van der Waals surface area (Å²) in [6.07, 6.45) is 3.06. The molecule has 0 radical (unpaired) electrons. The molecular formula is C7H16O2S2. The van der Waals surface area contributed by atoms with Crippen LogP contribution in [-0.4, -0.2) is 37.8 Å². The van der Waals surface area contributed by atoms with Gasteiger partial charge in [-0.15, -0.1) is 0 Å². The molecule has 0 rings (SSSR count). The van der Waals surface area contributed by atoms with E-state index in [1.165, 1.54) is 0 Å². The van der Waals surface area contributed by atoms with Crippen molar-refractivity contribution in [2.24, 2.45) is 0 Å². The average Bonchev–Trinajstić information content (AvgIpc) is 2.03. The highest BCUT2D eigenvalue weighted by Gasteiger charge is 1.87. The first-order chi connectivity index (χ1) is 5.41. The number of thioether (sulfide) groups is 1. The monoisotopic (exact) mass is 196 g/mol. The van der Waals surface area contributed by atoms with E-state index >= 15 is 0 Å². The van der Waals surface area contributed by atoms with Crippen molar-refractivity contribution in [2.45, 2.75) is 6.42 Å². The first-order valence-electron chi connectivity index (χ1n) is 3.67. The van der Waals surface area contributed by atoms with Gasteiger partial charge < -0.3 is 9.47 Å². The van der Waals surface area contributed by atoms with Gasteiger partial charge in [-0.1, -0.05) is 0 Å². The third-order valence-corrected chi connectivity index (χ3v) is 1.94. The van der Waals surface area contributed by atoms with Crippen LogP contribution in [-0.2, 0) is 9.47 Å². The quantitative estimate of drug-likeness (QED) is 0.362. The van der Waals surface area contributed by atoms with Gasteiger partial charge in [-0.05, 0) is 18.4 Å². The molecule has 0 aliphatic carbocycles. The molecule has 0 atom stereocenters. The normalized spacial score (nSPS) is 10.4. The number of thiol groups is 1. The number of hydrogen-bond acceptors (Lipinski definition) is 4. The zero-order valence-electron chi connectivity index (χ0n) is 6.91. The van der Waals surface area contributed by atoms with Crippen LogP contribution in [0.1, 0.15) is 6.42 Å². The van der Waals surface area contributed by atoms with Crippen molar-refractivity contribution < 1.29 is 9.47 Å². The van der Waals surface area contributed by atoms with Gasteiger partial charge in [-0.3, -0.25) is 0 Å². The van der Waals surface area contributed by atoms with Crippen LogP contribution in [0, 0.1) is 0 Å². The molecule has 0 aliphatic rings. The molecule has 0 unspecified atom stereocenters. The van der Waals surface area contributed by atoms with Crippen LogP contribution in [0.15, 0.2) is 0 Å². The average molecular weight is 196 g/mol. The van der Waals surface area contributed by atoms with Gasteiger partial charge in [-0.2, -0.15) is 24.4 Å². The lowest BCUT2D eigenvalue weighted by Crippen LogP contribution is -2.04. The molecule has 0 amide bonds. The van der Waals surface area contributed by atoms with Crippen LogP contribution >= 0.6 is 24.4 Å². The zero-order valence-corrected chi connectivity index (χ0v) is 8.63. The molecule has 0 aromatic carbocycles. The fourth-order valence-corrected chi connectivity index (χ4v) is 0.899. The van der Waals surface area contributed by atoms with Gasteiger partial charge in [0.05, 0.1) is 13.2 Å². The van der Waals surface area contributed by atoms with Gasteiger partial charge in [-0.25, -0.2) is 0 Å². The molecule has 4 heteroatoms. The van der Waals surface area contributed by atoms with Crippen molar-refractivity contribution in [1.29, 1.82) is 0 Å². The predicted octanol–water partition coefficient (Wildman–Crippen LogP) is 1.66. The summed E-state index contributed by atoms with van der Waals surface area (Å²) in [7, 11) is 0. The second kappa shape index (κ2) is 10.6. The third kappa shape index (κ3) is 10.6. The Balaban J connectivity index is 2.69. The fourth-order valence-electron chi connectivity index (χ4n) is 0.486. The molecule has 0 aromatic rings. The number of hydrogen-bond donors (Lipinski definition) is 1. The van der Waals surface area contributed by atoms with Crippen molar-refractivity contribution >= 4 is 24.4 Å². The van der Waals surface area contributed by atoms with Gasteiger partial charge in [0.1, 0.15) is 6.79 Å². The molecule has 0 bridgehead atoms. The summed E-state index contributed by atoms with van der Waals surface area (Å²) >= 11 is 5.83. The van der Waals surface area contributed by atoms with Crippen LogP contribution in [0.3, 0.4) is 0 Å². The van der Waals surface area contributed by atoms with E-state index in [0.29, 0.717) is 6.79 Å². The number of ether oxygens (including phenoxy) is 2. The Morgan fingerprint density at radius 3 is 2.64 bits per heavy atom. The third-order valence-electron chi connectivity index (χ3n) is 1.05. The van der Waals surface area contributed by atoms with E-state index in [1.807, 2.05) is 0 Å². The molecule has 0 spiro atoms. The van der Waals surface area contributed by atoms with Gasteiger partial charge in [0, 0.05) is 5.75 Å². The topological polar surface area (TPSA) is 18.5 Å². The highest BCUT2D eigenvalue weighted by molar-refractivity contribution is 7.98. The van der Waals surface area contributed by atoms with Gasteiger partial charge in [0.2, 0.25) is 0 Å². The van der Waals surface area contributed by atoms with Crippen LogP contribution in [0.25, 0.3) is 0 Å². The highest BCUT2D eigenvalue weighted by atomic mass is 32.2. The minimum Gasteiger partial charge on any atom is -0.355 e. The smallest absolute Gasteiger partial charge is 0.146 e. The number of rotatable bonds is 8. The second-order valence-corrected chi connectivity index (χ2v) is 3.44. The van der Waals surface area contributed by atoms with Gasteiger partial charge >= 0.3 is 0 Å². The van der Waals surface area contributed by atoms with Crippen LogP contribution in [0.2, 0.25) is 0 Å². The van der Waals surface area contributed by atoms with E-state index in [9.17, 15) is 0 Å². The van der Waals surface area contributed by atoms with Crippen molar-refractivity contribution in [2.75, 3.05) is 37.8 Å². The molecule has 11 heavy (non-hydrogen) atoms. The van der Waals surface area contributed by atoms with E-state index in [4.69, 9.17) is 9.47 Å². The molecule has 0 saturated carbocycles. The zero-order chi connectivity index (χ0) is 8.36. The lowest BCUT2D eigenvalue weighted by molar-refractivity contribution is -0.0477. The Labute approximate surface area is 78.4 Å². The highest BCUT2D eigenvalue weighted by Crippen LogP contribution is 1.91. The van der Waals surface area contributed by atoms with Crippen LogP contribution < -0.4 is 0 Å². The Morgan fingerprint density at radius 1 is 1.27 bits per heavy atom. The largest absolute Gasteiger partial charge is 0.355 e. The predicted molar refractivity (Wildman–Crippen MR) is 53.6 cm³/mol. The summed E-state index contributed by atoms with van der Waals surface area (Å²) in [5.41, 5.74) is 0. The summed E-state index contributed by atoms with van der Waals surface area (Å²) in [5.74, 6) is 1.92. The maximum absolute atomic E-state index is 5.15. The maximum Gasteiger partial charge on any atom is 0.146 e. The second-order valence-electron chi connectivity index (χ2n) is 2.00. The lowest BCUT2D eigenvalue weighted by atomic mass is 10.5. The van der Waals surface area contributed by atoms with E-state index in [-0.39, 0.29) is 0 Å². The van der Waals surface area contributed by atoms with E-state index in [0.717, 1.165) is 31.1 Å². The first kappa shape index (κ1) is 11.6. The summed E-state index contributed by atoms with van der Waals surface area (Å²) < 4.78 is 10.3. The summed E-state index contributed by atoms with van der Waals surface area (Å²) in [6.45, 7) is 1.96. The van der Waals surface area contributed by atoms with Crippen molar-refractivity contribution in [3.8, 4) is 0 Å². The molecular weight excluding hydrogens is 180 g/mol. The molecule has 0 fully saturated rings. The first-order valence-corrected chi connectivity index (χ1v) is 5.69. The fraction of sp³-hybridized carbons (Fsp3) is 1.00. The Bertz CT molecular complexity index is 63.5. The molecule has 2 nitrogen and oxygen atoms in total.